The van der Waals surface area contributed by atoms with Gasteiger partial charge in [0.15, 0.2) is 0 Å². The van der Waals surface area contributed by atoms with Crippen LogP contribution in [0.4, 0.5) is 0 Å². The van der Waals surface area contributed by atoms with E-state index in [1.54, 1.807) is 18.0 Å². The van der Waals surface area contributed by atoms with Crippen LogP contribution in [0.3, 0.4) is 0 Å². The molecule has 0 aromatic heterocycles. The van der Waals surface area contributed by atoms with Crippen LogP contribution in [0.1, 0.15) is 27.7 Å². The number of hydrogen-bond acceptors (Lipinski definition) is 4. The van der Waals surface area contributed by atoms with Gasteiger partial charge in [-0.1, -0.05) is 20.8 Å². The molecule has 0 saturated heterocycles. The Kier molecular flexibility index (Phi) is 5.93. The lowest BCUT2D eigenvalue weighted by atomic mass is 10.2. The number of ether oxygens (including phenoxy) is 1. The number of carbonyl (C=O) groups excluding carboxylic acids is 1. The van der Waals surface area contributed by atoms with Crippen molar-refractivity contribution in [3.63, 3.8) is 0 Å². The number of esters is 1. The highest BCUT2D eigenvalue weighted by Gasteiger charge is 2.40. The SMILES string of the molecule is CCOC(=O)/C(=C/N(C)C)O[Si](C)(C)C(C)(C)C. The molecule has 0 radical (unpaired) electrons. The van der Waals surface area contributed by atoms with Crippen molar-refractivity contribution in [1.82, 2.24) is 4.90 Å². The Labute approximate surface area is 112 Å². The van der Waals surface area contributed by atoms with Gasteiger partial charge in [0.25, 0.3) is 8.32 Å². The molecule has 18 heavy (non-hydrogen) atoms. The van der Waals surface area contributed by atoms with E-state index in [9.17, 15) is 4.79 Å². The summed E-state index contributed by atoms with van der Waals surface area (Å²) in [5, 5.41) is 0.0465. The fourth-order valence-corrected chi connectivity index (χ4v) is 1.98. The Morgan fingerprint density at radius 1 is 1.28 bits per heavy atom. The van der Waals surface area contributed by atoms with E-state index in [0.29, 0.717) is 12.4 Å². The Morgan fingerprint density at radius 2 is 1.78 bits per heavy atom. The maximum absolute atomic E-state index is 11.9. The minimum Gasteiger partial charge on any atom is -0.538 e. The maximum Gasteiger partial charge on any atom is 0.373 e. The number of rotatable bonds is 5. The topological polar surface area (TPSA) is 38.8 Å². The molecule has 0 aromatic carbocycles. The standard InChI is InChI=1S/C13H27NO3Si/c1-9-16-12(15)11(10-14(5)6)17-18(7,8)13(2,3)4/h10H,9H2,1-8H3/b11-10-. The van der Waals surface area contributed by atoms with Crippen LogP contribution in [-0.2, 0) is 14.0 Å². The first-order valence-corrected chi connectivity index (χ1v) is 9.16. The highest BCUT2D eigenvalue weighted by molar-refractivity contribution is 6.74. The molecule has 0 unspecified atom stereocenters. The Morgan fingerprint density at radius 3 is 2.11 bits per heavy atom. The zero-order valence-corrected chi connectivity index (χ0v) is 14.0. The van der Waals surface area contributed by atoms with Crippen LogP contribution < -0.4 is 0 Å². The first kappa shape index (κ1) is 17.0. The van der Waals surface area contributed by atoms with E-state index in [2.05, 4.69) is 33.9 Å². The minimum absolute atomic E-state index is 0.0465. The van der Waals surface area contributed by atoms with Crippen LogP contribution in [0.2, 0.25) is 18.1 Å². The molecule has 0 atom stereocenters. The summed E-state index contributed by atoms with van der Waals surface area (Å²) in [5.41, 5.74) is 0. The van der Waals surface area contributed by atoms with Crippen LogP contribution >= 0.6 is 0 Å². The van der Waals surface area contributed by atoms with Gasteiger partial charge in [-0.05, 0) is 25.1 Å². The van der Waals surface area contributed by atoms with Crippen LogP contribution in [-0.4, -0.2) is 39.9 Å². The molecule has 0 aliphatic rings. The van der Waals surface area contributed by atoms with Crippen molar-refractivity contribution in [3.05, 3.63) is 12.0 Å². The average molecular weight is 273 g/mol. The third kappa shape index (κ3) is 5.12. The van der Waals surface area contributed by atoms with Gasteiger partial charge in [-0.15, -0.1) is 0 Å². The van der Waals surface area contributed by atoms with Crippen molar-refractivity contribution in [1.29, 1.82) is 0 Å². The van der Waals surface area contributed by atoms with Gasteiger partial charge in [-0.3, -0.25) is 0 Å². The fraction of sp³-hybridized carbons (Fsp3) is 0.769. The summed E-state index contributed by atoms with van der Waals surface area (Å²) in [6.07, 6.45) is 1.68. The van der Waals surface area contributed by atoms with E-state index in [4.69, 9.17) is 9.16 Å². The van der Waals surface area contributed by atoms with Gasteiger partial charge >= 0.3 is 5.97 Å². The predicted molar refractivity (Wildman–Crippen MR) is 76.7 cm³/mol. The molecule has 0 spiro atoms. The first-order valence-electron chi connectivity index (χ1n) is 6.25. The second kappa shape index (κ2) is 6.27. The largest absolute Gasteiger partial charge is 0.538 e. The first-order chi connectivity index (χ1) is 8.01. The zero-order valence-electron chi connectivity index (χ0n) is 13.0. The van der Waals surface area contributed by atoms with E-state index in [-0.39, 0.29) is 5.04 Å². The fourth-order valence-electron chi connectivity index (χ4n) is 0.985. The molecule has 0 rings (SSSR count). The molecule has 0 bridgehead atoms. The monoisotopic (exact) mass is 273 g/mol. The van der Waals surface area contributed by atoms with E-state index in [1.165, 1.54) is 0 Å². The van der Waals surface area contributed by atoms with E-state index in [0.717, 1.165) is 0 Å². The molecule has 0 aliphatic heterocycles. The number of carbonyl (C=O) groups is 1. The molecule has 0 aromatic rings. The van der Waals surface area contributed by atoms with Gasteiger partial charge in [-0.2, -0.15) is 0 Å². The molecule has 106 valence electrons. The summed E-state index contributed by atoms with van der Waals surface area (Å²) < 4.78 is 11.0. The lowest BCUT2D eigenvalue weighted by molar-refractivity contribution is -0.141. The highest BCUT2D eigenvalue weighted by Crippen LogP contribution is 2.38. The molecule has 4 nitrogen and oxygen atoms in total. The van der Waals surface area contributed by atoms with Crippen LogP contribution in [0, 0.1) is 0 Å². The molecule has 5 heteroatoms. The molecule has 0 fully saturated rings. The summed E-state index contributed by atoms with van der Waals surface area (Å²) in [5.74, 6) is -0.0931. The lowest BCUT2D eigenvalue weighted by Crippen LogP contribution is -2.41. The van der Waals surface area contributed by atoms with Crippen molar-refractivity contribution in [2.24, 2.45) is 0 Å². The number of nitrogens with zero attached hydrogens (tertiary/aromatic N) is 1. The van der Waals surface area contributed by atoms with Gasteiger partial charge in [0.05, 0.1) is 6.61 Å². The van der Waals surface area contributed by atoms with Crippen LogP contribution in [0.15, 0.2) is 12.0 Å². The van der Waals surface area contributed by atoms with E-state index >= 15 is 0 Å². The molecule has 0 saturated carbocycles. The van der Waals surface area contributed by atoms with Crippen molar-refractivity contribution >= 4 is 14.3 Å². The molecule has 0 aliphatic carbocycles. The molecular formula is C13H27NO3Si. The Hall–Kier alpha value is -0.973. The second-order valence-corrected chi connectivity index (χ2v) is 10.8. The highest BCUT2D eigenvalue weighted by atomic mass is 28.4. The number of hydrogen-bond donors (Lipinski definition) is 0. The predicted octanol–water partition coefficient (Wildman–Crippen LogP) is 2.97. The average Bonchev–Trinajstić information content (AvgIpc) is 2.14. The minimum atomic E-state index is -2.02. The van der Waals surface area contributed by atoms with Crippen LogP contribution in [0.5, 0.6) is 0 Å². The molecule has 0 amide bonds. The summed E-state index contributed by atoms with van der Waals surface area (Å²) in [6, 6.07) is 0. The van der Waals surface area contributed by atoms with Gasteiger partial charge < -0.3 is 14.1 Å². The third-order valence-corrected chi connectivity index (χ3v) is 7.37. The van der Waals surface area contributed by atoms with Gasteiger partial charge in [0.1, 0.15) is 0 Å². The van der Waals surface area contributed by atoms with Gasteiger partial charge in [0.2, 0.25) is 5.76 Å². The molecular weight excluding hydrogens is 246 g/mol. The summed E-state index contributed by atoms with van der Waals surface area (Å²) in [6.45, 7) is 12.8. The summed E-state index contributed by atoms with van der Waals surface area (Å²) in [4.78, 5) is 13.7. The normalized spacial score (nSPS) is 13.2. The van der Waals surface area contributed by atoms with Gasteiger partial charge in [0, 0.05) is 20.3 Å². The smallest absolute Gasteiger partial charge is 0.373 e. The second-order valence-electron chi connectivity index (χ2n) is 6.04. The quantitative estimate of drug-likeness (QED) is 0.334. The Bertz CT molecular complexity index is 317. The maximum atomic E-state index is 11.9. The zero-order chi connectivity index (χ0) is 14.6. The van der Waals surface area contributed by atoms with E-state index < -0.39 is 14.3 Å². The van der Waals surface area contributed by atoms with Crippen molar-refractivity contribution < 1.29 is 14.0 Å². The molecule has 0 heterocycles. The van der Waals surface area contributed by atoms with Crippen molar-refractivity contribution in [3.8, 4) is 0 Å². The van der Waals surface area contributed by atoms with Crippen LogP contribution in [0.25, 0.3) is 0 Å². The third-order valence-electron chi connectivity index (χ3n) is 3.02. The Balaban J connectivity index is 5.09. The lowest BCUT2D eigenvalue weighted by Gasteiger charge is -2.36. The van der Waals surface area contributed by atoms with E-state index in [1.807, 2.05) is 14.1 Å². The van der Waals surface area contributed by atoms with Gasteiger partial charge in [-0.25, -0.2) is 4.79 Å². The summed E-state index contributed by atoms with van der Waals surface area (Å²) in [7, 11) is 1.69. The molecule has 0 N–H and O–H groups in total. The van der Waals surface area contributed by atoms with Crippen molar-refractivity contribution in [2.45, 2.75) is 45.8 Å². The van der Waals surface area contributed by atoms with Crippen molar-refractivity contribution in [2.75, 3.05) is 20.7 Å². The summed E-state index contributed by atoms with van der Waals surface area (Å²) >= 11 is 0.